The lowest BCUT2D eigenvalue weighted by Crippen LogP contribution is -2.44. The van der Waals surface area contributed by atoms with Crippen LogP contribution in [0.2, 0.25) is 18.1 Å². The van der Waals surface area contributed by atoms with Crippen LogP contribution in [0.25, 0.3) is 5.57 Å². The summed E-state index contributed by atoms with van der Waals surface area (Å²) < 4.78 is 53.7. The minimum Gasteiger partial charge on any atom is -0.410 e. The second-order valence-corrected chi connectivity index (χ2v) is 19.3. The van der Waals surface area contributed by atoms with Gasteiger partial charge in [-0.1, -0.05) is 60.6 Å². The highest BCUT2D eigenvalue weighted by Crippen LogP contribution is 2.51. The number of aliphatic hydroxyl groups is 1. The summed E-state index contributed by atoms with van der Waals surface area (Å²) in [6, 6.07) is 5.00. The fourth-order valence-corrected chi connectivity index (χ4v) is 7.25. The monoisotopic (exact) mass is 614 g/mol. The van der Waals surface area contributed by atoms with Gasteiger partial charge in [0.2, 0.25) is 0 Å². The van der Waals surface area contributed by atoms with Crippen molar-refractivity contribution >= 4 is 13.9 Å². The van der Waals surface area contributed by atoms with Gasteiger partial charge < -0.3 is 14.3 Å². The third-order valence-corrected chi connectivity index (χ3v) is 13.7. The molecular weight excluding hydrogens is 569 g/mol. The minimum atomic E-state index is -4.68. The second kappa shape index (κ2) is 11.8. The molecule has 2 aliphatic rings. The van der Waals surface area contributed by atoms with E-state index in [1.165, 1.54) is 6.07 Å². The summed E-state index contributed by atoms with van der Waals surface area (Å²) in [5, 5.41) is 21.6. The second-order valence-electron chi connectivity index (χ2n) is 14.6. The number of hydrogen-bond donors (Lipinski definition) is 1. The Balaban J connectivity index is 2.05. The molecule has 1 unspecified atom stereocenters. The average Bonchev–Trinajstić information content (AvgIpc) is 2.89. The zero-order valence-corrected chi connectivity index (χ0v) is 27.9. The van der Waals surface area contributed by atoms with Crippen LogP contribution in [0, 0.1) is 16.7 Å². The van der Waals surface area contributed by atoms with Gasteiger partial charge in [0.05, 0.1) is 36.5 Å². The maximum Gasteiger partial charge on any atom is 0.417 e. The Morgan fingerprint density at radius 1 is 1.19 bits per heavy atom. The summed E-state index contributed by atoms with van der Waals surface area (Å²) in [6.07, 6.45) is -2.06. The van der Waals surface area contributed by atoms with Crippen LogP contribution in [0.15, 0.2) is 24.3 Å². The highest BCUT2D eigenvalue weighted by Gasteiger charge is 2.45. The molecule has 2 aromatic rings. The molecule has 0 saturated carbocycles. The quantitative estimate of drug-likeness (QED) is 0.329. The molecule has 9 heteroatoms. The number of ether oxygens (including phenoxy) is 1. The molecule has 2 heterocycles. The van der Waals surface area contributed by atoms with Gasteiger partial charge in [-0.25, -0.2) is 0 Å². The SMILES string of the molecule is CC(C)c1nc2c(c(C3=CCOCC3)c1C(O)c1ccc(C(F)(F)F)c(C#N)c1)[C@@H](O[Si](C)(C)C(C)(C)C)CC(C)(C)C2. The minimum absolute atomic E-state index is 0.0333. The van der Waals surface area contributed by atoms with E-state index in [4.69, 9.17) is 14.1 Å². The van der Waals surface area contributed by atoms with Gasteiger partial charge in [0, 0.05) is 22.5 Å². The van der Waals surface area contributed by atoms with Gasteiger partial charge >= 0.3 is 6.18 Å². The van der Waals surface area contributed by atoms with Gasteiger partial charge in [-0.15, -0.1) is 0 Å². The Labute approximate surface area is 255 Å². The average molecular weight is 615 g/mol. The number of nitrogens with zero attached hydrogens (tertiary/aromatic N) is 2. The number of aliphatic hydroxyl groups excluding tert-OH is 1. The third kappa shape index (κ3) is 6.78. The van der Waals surface area contributed by atoms with Crippen molar-refractivity contribution < 1.29 is 27.4 Å². The molecule has 43 heavy (non-hydrogen) atoms. The molecule has 0 bridgehead atoms. The first-order valence-electron chi connectivity index (χ1n) is 15.1. The number of alkyl halides is 3. The smallest absolute Gasteiger partial charge is 0.410 e. The number of fused-ring (bicyclic) bond motifs is 1. The predicted octanol–water partition coefficient (Wildman–Crippen LogP) is 9.02. The van der Waals surface area contributed by atoms with E-state index >= 15 is 0 Å². The van der Waals surface area contributed by atoms with Crippen LogP contribution in [0.5, 0.6) is 0 Å². The van der Waals surface area contributed by atoms with E-state index in [2.05, 4.69) is 47.7 Å². The summed E-state index contributed by atoms with van der Waals surface area (Å²) in [5.74, 6) is -0.0798. The largest absolute Gasteiger partial charge is 0.417 e. The van der Waals surface area contributed by atoms with Crippen LogP contribution in [-0.4, -0.2) is 31.6 Å². The van der Waals surface area contributed by atoms with Crippen LogP contribution < -0.4 is 0 Å². The highest BCUT2D eigenvalue weighted by molar-refractivity contribution is 6.74. The molecule has 1 N–H and O–H groups in total. The zero-order chi connectivity index (χ0) is 32.1. The Morgan fingerprint density at radius 2 is 1.86 bits per heavy atom. The fraction of sp³-hybridized carbons (Fsp3) is 0.588. The highest BCUT2D eigenvalue weighted by atomic mass is 28.4. The number of halogens is 3. The van der Waals surface area contributed by atoms with E-state index in [-0.39, 0.29) is 28.0 Å². The lowest BCUT2D eigenvalue weighted by atomic mass is 9.71. The summed E-state index contributed by atoms with van der Waals surface area (Å²) in [6.45, 7) is 20.5. The van der Waals surface area contributed by atoms with Gasteiger partial charge in [-0.05, 0) is 77.6 Å². The van der Waals surface area contributed by atoms with E-state index in [1.807, 2.05) is 19.9 Å². The number of nitriles is 1. The van der Waals surface area contributed by atoms with E-state index in [0.717, 1.165) is 47.4 Å². The Hall–Kier alpha value is -2.51. The van der Waals surface area contributed by atoms with E-state index in [9.17, 15) is 23.5 Å². The summed E-state index contributed by atoms with van der Waals surface area (Å²) in [5.41, 5.74) is 3.72. The first-order valence-corrected chi connectivity index (χ1v) is 18.0. The maximum absolute atomic E-state index is 13.6. The topological polar surface area (TPSA) is 75.4 Å². The van der Waals surface area contributed by atoms with Crippen LogP contribution >= 0.6 is 0 Å². The van der Waals surface area contributed by atoms with Gasteiger partial charge in [0.25, 0.3) is 0 Å². The van der Waals surface area contributed by atoms with Crippen LogP contribution in [-0.2, 0) is 21.8 Å². The molecule has 0 amide bonds. The van der Waals surface area contributed by atoms with Crippen molar-refractivity contribution in [3.05, 3.63) is 69.0 Å². The summed E-state index contributed by atoms with van der Waals surface area (Å²) in [4.78, 5) is 5.22. The van der Waals surface area contributed by atoms with Crippen LogP contribution in [0.1, 0.15) is 124 Å². The van der Waals surface area contributed by atoms with Crippen LogP contribution in [0.3, 0.4) is 0 Å². The molecule has 5 nitrogen and oxygen atoms in total. The molecule has 4 rings (SSSR count). The lowest BCUT2D eigenvalue weighted by molar-refractivity contribution is -0.137. The van der Waals surface area contributed by atoms with Crippen molar-refractivity contribution in [3.63, 3.8) is 0 Å². The standard InChI is InChI=1S/C34H45F3N2O3Si/c1-20(2)30-29(31(40)22-10-11-24(34(35,36)37)23(16-22)19-38)27(21-12-14-41-15-13-21)28-25(39-30)17-33(6,7)18-26(28)42-43(8,9)32(3,4)5/h10-12,16,20,26,31,40H,13-15,17-18H2,1-9H3/t26-,31?/m0/s1. The molecule has 0 fully saturated rings. The van der Waals surface area contributed by atoms with Crippen molar-refractivity contribution in [3.8, 4) is 6.07 Å². The molecule has 1 aliphatic carbocycles. The predicted molar refractivity (Wildman–Crippen MR) is 165 cm³/mol. The summed E-state index contributed by atoms with van der Waals surface area (Å²) >= 11 is 0. The number of aromatic nitrogens is 1. The molecule has 1 aromatic heterocycles. The maximum atomic E-state index is 13.6. The van der Waals surface area contributed by atoms with E-state index in [1.54, 1.807) is 6.07 Å². The first kappa shape index (κ1) is 33.4. The molecule has 1 aromatic carbocycles. The van der Waals surface area contributed by atoms with E-state index in [0.29, 0.717) is 30.9 Å². The van der Waals surface area contributed by atoms with Gasteiger partial charge in [-0.3, -0.25) is 4.98 Å². The Kier molecular flexibility index (Phi) is 9.14. The van der Waals surface area contributed by atoms with Gasteiger partial charge in [0.1, 0.15) is 6.10 Å². The van der Waals surface area contributed by atoms with Crippen molar-refractivity contribution in [2.45, 2.75) is 110 Å². The van der Waals surface area contributed by atoms with Crippen molar-refractivity contribution in [2.24, 2.45) is 5.41 Å². The Morgan fingerprint density at radius 3 is 2.40 bits per heavy atom. The van der Waals surface area contributed by atoms with Crippen LogP contribution in [0.4, 0.5) is 13.2 Å². The molecular formula is C34H45F3N2O3Si. The molecule has 1 aliphatic heterocycles. The molecule has 2 atom stereocenters. The lowest BCUT2D eigenvalue weighted by Gasteiger charge is -2.45. The Bertz CT molecular complexity index is 1450. The zero-order valence-electron chi connectivity index (χ0n) is 26.9. The van der Waals surface area contributed by atoms with Gasteiger partial charge in [-0.2, -0.15) is 18.4 Å². The van der Waals surface area contributed by atoms with Crippen molar-refractivity contribution in [2.75, 3.05) is 13.2 Å². The van der Waals surface area contributed by atoms with E-state index < -0.39 is 31.7 Å². The van der Waals surface area contributed by atoms with Crippen molar-refractivity contribution in [1.82, 2.24) is 4.98 Å². The normalized spacial score (nSPS) is 19.9. The molecule has 0 radical (unpaired) electrons. The number of pyridine rings is 1. The van der Waals surface area contributed by atoms with Crippen molar-refractivity contribution in [1.29, 1.82) is 5.26 Å². The number of benzene rings is 1. The molecule has 0 spiro atoms. The van der Waals surface area contributed by atoms with Gasteiger partial charge in [0.15, 0.2) is 8.32 Å². The first-order chi connectivity index (χ1) is 19.8. The number of hydrogen-bond acceptors (Lipinski definition) is 5. The third-order valence-electron chi connectivity index (χ3n) is 9.22. The number of rotatable bonds is 6. The fourth-order valence-electron chi connectivity index (χ4n) is 5.98. The summed E-state index contributed by atoms with van der Waals surface area (Å²) in [7, 11) is -2.25. The molecule has 234 valence electrons. The molecule has 0 saturated heterocycles.